The number of hydrogen-bond acceptors (Lipinski definition) is 3. The molecule has 0 radical (unpaired) electrons. The summed E-state index contributed by atoms with van der Waals surface area (Å²) in [5.74, 6) is 0. The van der Waals surface area contributed by atoms with Gasteiger partial charge in [-0.1, -0.05) is 146 Å². The maximum absolute atomic E-state index is 6.45. The minimum absolute atomic E-state index is 0.869. The number of hydrogen-bond donors (Lipinski definition) is 0. The van der Waals surface area contributed by atoms with E-state index in [0.717, 1.165) is 39.0 Å². The molecule has 0 N–H and O–H groups in total. The van der Waals surface area contributed by atoms with E-state index in [0.29, 0.717) is 0 Å². The summed E-state index contributed by atoms with van der Waals surface area (Å²) in [6.07, 6.45) is 0. The van der Waals surface area contributed by atoms with E-state index in [2.05, 4.69) is 199 Å². The zero-order chi connectivity index (χ0) is 36.3. The fourth-order valence-electron chi connectivity index (χ4n) is 8.39. The summed E-state index contributed by atoms with van der Waals surface area (Å²) in [5, 5.41) is 7.29. The first-order valence-electron chi connectivity index (χ1n) is 18.7. The molecule has 0 amide bonds. The predicted octanol–water partition coefficient (Wildman–Crippen LogP) is 15.6. The van der Waals surface area contributed by atoms with Crippen LogP contribution in [0.3, 0.4) is 0 Å². The first-order chi connectivity index (χ1) is 27.3. The molecule has 0 aliphatic heterocycles. The van der Waals surface area contributed by atoms with Gasteiger partial charge in [0, 0.05) is 36.8 Å². The zero-order valence-electron chi connectivity index (χ0n) is 29.8. The molecule has 11 aromatic rings. The van der Waals surface area contributed by atoms with Crippen molar-refractivity contribution in [3.8, 4) is 33.4 Å². The number of anilines is 3. The zero-order valence-corrected chi connectivity index (χ0v) is 30.6. The lowest BCUT2D eigenvalue weighted by molar-refractivity contribution is 0.669. The van der Waals surface area contributed by atoms with Crippen LogP contribution in [-0.2, 0) is 0 Å². The number of nitrogens with zero attached hydrogens (tertiary/aromatic N) is 1. The summed E-state index contributed by atoms with van der Waals surface area (Å²) in [6, 6.07) is 72.2. The third kappa shape index (κ3) is 5.24. The van der Waals surface area contributed by atoms with Crippen LogP contribution in [0.15, 0.2) is 205 Å². The molecule has 0 saturated heterocycles. The van der Waals surface area contributed by atoms with Gasteiger partial charge in [-0.05, 0) is 93.2 Å². The van der Waals surface area contributed by atoms with Crippen molar-refractivity contribution < 1.29 is 4.42 Å². The second kappa shape index (κ2) is 12.9. The third-order valence-corrected chi connectivity index (χ3v) is 12.0. The Bertz CT molecular complexity index is 3220. The number of fused-ring (bicyclic) bond motifs is 7. The Hall–Kier alpha value is -6.94. The molecular formula is C52H33NOS. The normalized spacial score (nSPS) is 11.6. The van der Waals surface area contributed by atoms with E-state index in [-0.39, 0.29) is 0 Å². The number of thiophene rings is 1. The van der Waals surface area contributed by atoms with Gasteiger partial charge in [0.1, 0.15) is 11.2 Å². The highest BCUT2D eigenvalue weighted by Crippen LogP contribution is 2.48. The Morgan fingerprint density at radius 2 is 0.982 bits per heavy atom. The summed E-state index contributed by atoms with van der Waals surface area (Å²) in [5.41, 5.74) is 12.2. The first-order valence-corrected chi connectivity index (χ1v) is 19.5. The van der Waals surface area contributed by atoms with Crippen molar-refractivity contribution in [3.63, 3.8) is 0 Å². The van der Waals surface area contributed by atoms with Crippen molar-refractivity contribution in [1.82, 2.24) is 0 Å². The maximum atomic E-state index is 6.45. The van der Waals surface area contributed by atoms with Crippen LogP contribution >= 0.6 is 11.3 Å². The van der Waals surface area contributed by atoms with Gasteiger partial charge in [0.2, 0.25) is 0 Å². The lowest BCUT2D eigenvalue weighted by atomic mass is 9.95. The molecule has 11 rings (SSSR count). The van der Waals surface area contributed by atoms with E-state index in [1.165, 1.54) is 64.3 Å². The highest BCUT2D eigenvalue weighted by atomic mass is 32.1. The minimum atomic E-state index is 0.869. The predicted molar refractivity (Wildman–Crippen MR) is 235 cm³/mol. The number of furan rings is 1. The summed E-state index contributed by atoms with van der Waals surface area (Å²) in [4.78, 5) is 2.42. The smallest absolute Gasteiger partial charge is 0.137 e. The number of benzene rings is 9. The van der Waals surface area contributed by atoms with Crippen molar-refractivity contribution in [2.24, 2.45) is 0 Å². The van der Waals surface area contributed by atoms with Crippen molar-refractivity contribution in [2.75, 3.05) is 4.90 Å². The molecule has 9 aromatic carbocycles. The minimum Gasteiger partial charge on any atom is -0.456 e. The molecule has 0 saturated carbocycles. The van der Waals surface area contributed by atoms with Gasteiger partial charge in [-0.3, -0.25) is 0 Å². The largest absolute Gasteiger partial charge is 0.456 e. The van der Waals surface area contributed by atoms with Gasteiger partial charge in [-0.2, -0.15) is 0 Å². The second-order valence-electron chi connectivity index (χ2n) is 14.0. The molecule has 2 aromatic heterocycles. The van der Waals surface area contributed by atoms with E-state index in [1.807, 2.05) is 17.4 Å². The van der Waals surface area contributed by atoms with E-state index < -0.39 is 0 Å². The van der Waals surface area contributed by atoms with Crippen LogP contribution in [-0.4, -0.2) is 0 Å². The van der Waals surface area contributed by atoms with E-state index in [4.69, 9.17) is 4.42 Å². The Labute approximate surface area is 322 Å². The second-order valence-corrected chi connectivity index (χ2v) is 15.1. The molecule has 0 aliphatic rings. The molecule has 258 valence electrons. The molecule has 0 unspecified atom stereocenters. The Morgan fingerprint density at radius 3 is 1.91 bits per heavy atom. The average molecular weight is 720 g/mol. The van der Waals surface area contributed by atoms with Crippen LogP contribution in [0.25, 0.3) is 86.3 Å². The highest BCUT2D eigenvalue weighted by molar-refractivity contribution is 7.25. The molecule has 0 spiro atoms. The topological polar surface area (TPSA) is 16.4 Å². The molecule has 0 bridgehead atoms. The lowest BCUT2D eigenvalue weighted by Gasteiger charge is -2.29. The maximum Gasteiger partial charge on any atom is 0.137 e. The summed E-state index contributed by atoms with van der Waals surface area (Å²) >= 11 is 1.86. The van der Waals surface area contributed by atoms with Gasteiger partial charge < -0.3 is 9.32 Å². The first kappa shape index (κ1) is 31.6. The average Bonchev–Trinajstić information content (AvgIpc) is 3.83. The lowest BCUT2D eigenvalue weighted by Crippen LogP contribution is -2.11. The van der Waals surface area contributed by atoms with Crippen molar-refractivity contribution in [2.45, 2.75) is 0 Å². The van der Waals surface area contributed by atoms with Crippen LogP contribution in [0.2, 0.25) is 0 Å². The summed E-state index contributed by atoms with van der Waals surface area (Å²) in [7, 11) is 0. The van der Waals surface area contributed by atoms with Crippen molar-refractivity contribution in [3.05, 3.63) is 200 Å². The molecule has 2 nitrogen and oxygen atoms in total. The molecule has 55 heavy (non-hydrogen) atoms. The van der Waals surface area contributed by atoms with Gasteiger partial charge in [0.05, 0.1) is 16.8 Å². The van der Waals surface area contributed by atoms with Gasteiger partial charge in [0.15, 0.2) is 0 Å². The summed E-state index contributed by atoms with van der Waals surface area (Å²) in [6.45, 7) is 0. The Balaban J connectivity index is 1.10. The van der Waals surface area contributed by atoms with Gasteiger partial charge in [-0.25, -0.2) is 0 Å². The number of para-hydroxylation sites is 2. The van der Waals surface area contributed by atoms with Crippen LogP contribution in [0.5, 0.6) is 0 Å². The van der Waals surface area contributed by atoms with Crippen LogP contribution < -0.4 is 4.90 Å². The Kier molecular flexibility index (Phi) is 7.39. The summed E-state index contributed by atoms with van der Waals surface area (Å²) < 4.78 is 9.04. The fourth-order valence-corrected chi connectivity index (χ4v) is 9.52. The molecule has 0 atom stereocenters. The molecule has 0 fully saturated rings. The number of rotatable bonds is 6. The quantitative estimate of drug-likeness (QED) is 0.170. The molecule has 2 heterocycles. The molecular weight excluding hydrogens is 687 g/mol. The van der Waals surface area contributed by atoms with Crippen molar-refractivity contribution in [1.29, 1.82) is 0 Å². The van der Waals surface area contributed by atoms with Crippen LogP contribution in [0, 0.1) is 0 Å². The van der Waals surface area contributed by atoms with Gasteiger partial charge >= 0.3 is 0 Å². The van der Waals surface area contributed by atoms with Crippen molar-refractivity contribution >= 4 is 81.3 Å². The van der Waals surface area contributed by atoms with Crippen LogP contribution in [0.1, 0.15) is 0 Å². The third-order valence-electron chi connectivity index (χ3n) is 10.9. The van der Waals surface area contributed by atoms with Gasteiger partial charge in [0.25, 0.3) is 0 Å². The molecule has 0 aliphatic carbocycles. The molecule has 3 heteroatoms. The van der Waals surface area contributed by atoms with E-state index >= 15 is 0 Å². The monoisotopic (exact) mass is 719 g/mol. The van der Waals surface area contributed by atoms with E-state index in [9.17, 15) is 0 Å². The van der Waals surface area contributed by atoms with E-state index in [1.54, 1.807) is 0 Å². The fraction of sp³-hybridized carbons (Fsp3) is 0. The SMILES string of the molecule is c1cc(-c2ccc(N(c3ccccc3-c3cccc4sc5ccccc5c34)c3cccc4oc5ccccc5c34)cc2)cc(-c2cccc3ccccc23)c1. The van der Waals surface area contributed by atoms with Gasteiger partial charge in [-0.15, -0.1) is 11.3 Å². The Morgan fingerprint density at radius 1 is 0.364 bits per heavy atom. The highest BCUT2D eigenvalue weighted by Gasteiger charge is 2.23. The van der Waals surface area contributed by atoms with Crippen LogP contribution in [0.4, 0.5) is 17.1 Å². The standard InChI is InChI=1S/C52H33NOS/c1-2-17-39-35(13-1)14-10-21-40(39)37-16-9-15-36(33-37)34-29-31-38(32-30-34)53(46-24-12-26-48-52(46)43-19-4-7-25-47(43)54-48)45-23-6-3-18-41(45)42-22-11-28-50-51(42)44-20-5-8-27-49(44)55-50/h1-33H.